The van der Waals surface area contributed by atoms with E-state index in [4.69, 9.17) is 16.3 Å². The van der Waals surface area contributed by atoms with Gasteiger partial charge < -0.3 is 10.1 Å². The molecule has 1 amide bonds. The Balaban J connectivity index is 1.82. The molecule has 0 aliphatic heterocycles. The van der Waals surface area contributed by atoms with E-state index in [1.54, 1.807) is 49.6 Å². The molecule has 0 atom stereocenters. The number of hydrogen-bond donors (Lipinski definition) is 1. The Kier molecular flexibility index (Phi) is 6.10. The van der Waals surface area contributed by atoms with Crippen LogP contribution in [0.2, 0.25) is 5.02 Å². The summed E-state index contributed by atoms with van der Waals surface area (Å²) in [6.07, 6.45) is 0. The van der Waals surface area contributed by atoms with Gasteiger partial charge >= 0.3 is 0 Å². The Hall–Kier alpha value is -3.03. The molecule has 8 heteroatoms. The van der Waals surface area contributed by atoms with E-state index in [1.165, 1.54) is 37.4 Å². The number of carbonyl (C=O) groups excluding carboxylic acids is 1. The normalized spacial score (nSPS) is 11.0. The molecule has 3 aromatic rings. The highest BCUT2D eigenvalue weighted by Crippen LogP contribution is 2.24. The van der Waals surface area contributed by atoms with Crippen LogP contribution in [0.5, 0.6) is 5.75 Å². The molecule has 0 aliphatic carbocycles. The number of anilines is 2. The molecule has 1 N–H and O–H groups in total. The van der Waals surface area contributed by atoms with Gasteiger partial charge in [-0.25, -0.2) is 8.42 Å². The summed E-state index contributed by atoms with van der Waals surface area (Å²) in [5, 5.41) is 3.22. The molecule has 0 saturated carbocycles. The van der Waals surface area contributed by atoms with Crippen LogP contribution in [0.4, 0.5) is 11.4 Å². The number of amides is 1. The first-order valence-electron chi connectivity index (χ1n) is 8.61. The smallest absolute Gasteiger partial charge is 0.264 e. The minimum atomic E-state index is -3.79. The van der Waals surface area contributed by atoms with E-state index in [9.17, 15) is 13.2 Å². The van der Waals surface area contributed by atoms with E-state index < -0.39 is 10.0 Å². The second-order valence-electron chi connectivity index (χ2n) is 6.16. The minimum absolute atomic E-state index is 0.109. The number of methoxy groups -OCH3 is 1. The van der Waals surface area contributed by atoms with E-state index in [0.29, 0.717) is 27.7 Å². The summed E-state index contributed by atoms with van der Waals surface area (Å²) >= 11 is 5.84. The molecule has 0 radical (unpaired) electrons. The summed E-state index contributed by atoms with van der Waals surface area (Å²) in [6.45, 7) is 0. The van der Waals surface area contributed by atoms with Gasteiger partial charge in [-0.05, 0) is 66.7 Å². The van der Waals surface area contributed by atoms with Crippen molar-refractivity contribution in [1.29, 1.82) is 0 Å². The average molecular weight is 431 g/mol. The molecule has 0 bridgehead atoms. The van der Waals surface area contributed by atoms with Crippen LogP contribution in [0.1, 0.15) is 10.4 Å². The Labute approximate surface area is 174 Å². The zero-order valence-electron chi connectivity index (χ0n) is 15.8. The molecule has 0 saturated heterocycles. The zero-order chi connectivity index (χ0) is 21.0. The highest BCUT2D eigenvalue weighted by Gasteiger charge is 2.22. The third kappa shape index (κ3) is 4.70. The van der Waals surface area contributed by atoms with Crippen molar-refractivity contribution in [3.63, 3.8) is 0 Å². The molecule has 29 heavy (non-hydrogen) atoms. The maximum Gasteiger partial charge on any atom is 0.264 e. The maximum atomic E-state index is 12.8. The van der Waals surface area contributed by atoms with E-state index in [0.717, 1.165) is 4.31 Å². The molecule has 0 fully saturated rings. The van der Waals surface area contributed by atoms with Gasteiger partial charge in [0.15, 0.2) is 0 Å². The van der Waals surface area contributed by atoms with Gasteiger partial charge in [-0.15, -0.1) is 0 Å². The molecule has 6 nitrogen and oxygen atoms in total. The average Bonchev–Trinajstić information content (AvgIpc) is 2.74. The van der Waals surface area contributed by atoms with E-state index in [-0.39, 0.29) is 10.8 Å². The third-order valence-corrected chi connectivity index (χ3v) is 6.34. The molecule has 150 valence electrons. The van der Waals surface area contributed by atoms with Crippen molar-refractivity contribution < 1.29 is 17.9 Å². The number of hydrogen-bond acceptors (Lipinski definition) is 4. The lowest BCUT2D eigenvalue weighted by molar-refractivity contribution is 0.102. The van der Waals surface area contributed by atoms with Crippen molar-refractivity contribution in [2.75, 3.05) is 23.8 Å². The molecule has 0 unspecified atom stereocenters. The highest BCUT2D eigenvalue weighted by atomic mass is 35.5. The first-order chi connectivity index (χ1) is 13.8. The van der Waals surface area contributed by atoms with Crippen LogP contribution in [-0.2, 0) is 10.0 Å². The van der Waals surface area contributed by atoms with Crippen molar-refractivity contribution in [2.45, 2.75) is 4.90 Å². The van der Waals surface area contributed by atoms with Gasteiger partial charge in [0.25, 0.3) is 15.9 Å². The third-order valence-electron chi connectivity index (χ3n) is 4.29. The predicted octanol–water partition coefficient (Wildman–Crippen LogP) is 4.43. The summed E-state index contributed by atoms with van der Waals surface area (Å²) in [7, 11) is -0.791. The number of ether oxygens (including phenoxy) is 1. The molecule has 3 rings (SSSR count). The molecule has 0 aliphatic rings. The lowest BCUT2D eigenvalue weighted by Crippen LogP contribution is -2.26. The van der Waals surface area contributed by atoms with E-state index in [2.05, 4.69) is 5.32 Å². The maximum absolute atomic E-state index is 12.8. The number of rotatable bonds is 6. The molecule has 3 aromatic carbocycles. The number of nitrogens with one attached hydrogen (secondary N) is 1. The fraction of sp³-hybridized carbons (Fsp3) is 0.0952. The second kappa shape index (κ2) is 8.55. The van der Waals surface area contributed by atoms with Crippen LogP contribution in [0.25, 0.3) is 0 Å². The first kappa shape index (κ1) is 20.7. The van der Waals surface area contributed by atoms with Gasteiger partial charge in [0.2, 0.25) is 0 Å². The largest absolute Gasteiger partial charge is 0.497 e. The van der Waals surface area contributed by atoms with Crippen molar-refractivity contribution in [3.8, 4) is 5.75 Å². The number of carbonyl (C=O) groups is 1. The van der Waals surface area contributed by atoms with Gasteiger partial charge in [0.1, 0.15) is 5.75 Å². The van der Waals surface area contributed by atoms with Crippen LogP contribution in [0.3, 0.4) is 0 Å². The van der Waals surface area contributed by atoms with Gasteiger partial charge in [-0.1, -0.05) is 17.7 Å². The SMILES string of the molecule is COc1ccc(NC(=O)c2cccc(N(C)S(=O)(=O)c3ccc(Cl)cc3)c2)cc1. The summed E-state index contributed by atoms with van der Waals surface area (Å²) < 4.78 is 31.9. The van der Waals surface area contributed by atoms with Crippen molar-refractivity contribution >= 4 is 38.9 Å². The van der Waals surface area contributed by atoms with Crippen molar-refractivity contribution in [1.82, 2.24) is 0 Å². The van der Waals surface area contributed by atoms with Crippen molar-refractivity contribution in [2.24, 2.45) is 0 Å². The van der Waals surface area contributed by atoms with Crippen molar-refractivity contribution in [3.05, 3.63) is 83.4 Å². The topological polar surface area (TPSA) is 75.7 Å². The highest BCUT2D eigenvalue weighted by molar-refractivity contribution is 7.92. The number of sulfonamides is 1. The molecular weight excluding hydrogens is 412 g/mol. The summed E-state index contributed by atoms with van der Waals surface area (Å²) in [4.78, 5) is 12.7. The number of benzene rings is 3. The predicted molar refractivity (Wildman–Crippen MR) is 114 cm³/mol. The number of halogens is 1. The summed E-state index contributed by atoms with van der Waals surface area (Å²) in [5.41, 5.74) is 1.29. The number of nitrogens with zero attached hydrogens (tertiary/aromatic N) is 1. The molecule has 0 aromatic heterocycles. The lowest BCUT2D eigenvalue weighted by atomic mass is 10.2. The van der Waals surface area contributed by atoms with Crippen LogP contribution in [0.15, 0.2) is 77.7 Å². The van der Waals surface area contributed by atoms with Gasteiger partial charge in [0.05, 0.1) is 17.7 Å². The Morgan fingerprint density at radius 1 is 1.00 bits per heavy atom. The quantitative estimate of drug-likeness (QED) is 0.627. The standard InChI is InChI=1S/C21H19ClN2O4S/c1-24(29(26,27)20-12-6-16(22)7-13-20)18-5-3-4-15(14-18)21(25)23-17-8-10-19(28-2)11-9-17/h3-14H,1-2H3,(H,23,25). The van der Waals surface area contributed by atoms with E-state index >= 15 is 0 Å². The Bertz CT molecular complexity index is 1110. The zero-order valence-corrected chi connectivity index (χ0v) is 17.4. The molecule has 0 heterocycles. The van der Waals surface area contributed by atoms with Crippen LogP contribution >= 0.6 is 11.6 Å². The van der Waals surface area contributed by atoms with Gasteiger partial charge in [0, 0.05) is 23.3 Å². The van der Waals surface area contributed by atoms with Gasteiger partial charge in [-0.3, -0.25) is 9.10 Å². The second-order valence-corrected chi connectivity index (χ2v) is 8.57. The lowest BCUT2D eigenvalue weighted by Gasteiger charge is -2.20. The monoisotopic (exact) mass is 430 g/mol. The minimum Gasteiger partial charge on any atom is -0.497 e. The Morgan fingerprint density at radius 3 is 2.28 bits per heavy atom. The summed E-state index contributed by atoms with van der Waals surface area (Å²) in [5.74, 6) is 0.327. The fourth-order valence-corrected chi connectivity index (χ4v) is 3.94. The van der Waals surface area contributed by atoms with Gasteiger partial charge in [-0.2, -0.15) is 0 Å². The van der Waals surface area contributed by atoms with Crippen LogP contribution < -0.4 is 14.4 Å². The van der Waals surface area contributed by atoms with Crippen LogP contribution in [-0.4, -0.2) is 28.5 Å². The van der Waals surface area contributed by atoms with Crippen LogP contribution in [0, 0.1) is 0 Å². The first-order valence-corrected chi connectivity index (χ1v) is 10.4. The van der Waals surface area contributed by atoms with E-state index in [1.807, 2.05) is 0 Å². The Morgan fingerprint density at radius 2 is 1.66 bits per heavy atom. The summed E-state index contributed by atoms with van der Waals surface area (Å²) in [6, 6.07) is 19.2. The molecular formula is C21H19ClN2O4S. The molecule has 0 spiro atoms. The fourth-order valence-electron chi connectivity index (χ4n) is 2.62.